The minimum absolute atomic E-state index is 0.0549. The molecule has 8 heteroatoms. The maximum atomic E-state index is 12.5. The summed E-state index contributed by atoms with van der Waals surface area (Å²) in [5.74, 6) is -0.0493. The van der Waals surface area contributed by atoms with Gasteiger partial charge in [0.2, 0.25) is 0 Å². The molecule has 0 unspecified atom stereocenters. The van der Waals surface area contributed by atoms with Crippen LogP contribution in [0, 0.1) is 11.3 Å². The van der Waals surface area contributed by atoms with Gasteiger partial charge in [0.05, 0.1) is 9.50 Å². The van der Waals surface area contributed by atoms with Crippen LogP contribution < -0.4 is 10.1 Å². The molecule has 31 heavy (non-hydrogen) atoms. The third-order valence-corrected chi connectivity index (χ3v) is 5.75. The molecule has 0 heterocycles. The second kappa shape index (κ2) is 10.8. The average molecular weight is 581 g/mol. The summed E-state index contributed by atoms with van der Waals surface area (Å²) in [4.78, 5) is 12.5. The highest BCUT2D eigenvalue weighted by molar-refractivity contribution is 9.10. The fourth-order valence-corrected chi connectivity index (χ4v) is 3.96. The first-order chi connectivity index (χ1) is 14.9. The van der Waals surface area contributed by atoms with Crippen LogP contribution in [0.2, 0.25) is 10.0 Å². The van der Waals surface area contributed by atoms with Gasteiger partial charge < -0.3 is 10.1 Å². The summed E-state index contributed by atoms with van der Waals surface area (Å²) in [5, 5.41) is 13.1. The number of halogens is 4. The Balaban J connectivity index is 1.76. The SMILES string of the molecule is N#C/C(=C/c1cc(Cl)c(OCc2ccc(Cl)cc2)c(Br)c1)C(=O)Nc1ccc(Br)cc1. The zero-order chi connectivity index (χ0) is 22.4. The molecule has 0 bridgehead atoms. The summed E-state index contributed by atoms with van der Waals surface area (Å²) in [6.45, 7) is 0.309. The number of ether oxygens (including phenoxy) is 1. The van der Waals surface area contributed by atoms with Crippen LogP contribution in [0.25, 0.3) is 6.08 Å². The van der Waals surface area contributed by atoms with Crippen molar-refractivity contribution in [3.63, 3.8) is 0 Å². The fourth-order valence-electron chi connectivity index (χ4n) is 2.58. The molecule has 0 fully saturated rings. The van der Waals surface area contributed by atoms with Gasteiger partial charge in [-0.25, -0.2) is 0 Å². The lowest BCUT2D eigenvalue weighted by Crippen LogP contribution is -2.13. The molecule has 0 radical (unpaired) electrons. The van der Waals surface area contributed by atoms with Crippen LogP contribution in [0.3, 0.4) is 0 Å². The van der Waals surface area contributed by atoms with E-state index in [0.29, 0.717) is 38.1 Å². The third-order valence-electron chi connectivity index (χ3n) is 4.10. The molecule has 4 nitrogen and oxygen atoms in total. The second-order valence-electron chi connectivity index (χ2n) is 6.36. The smallest absolute Gasteiger partial charge is 0.266 e. The van der Waals surface area contributed by atoms with Crippen molar-refractivity contribution in [3.8, 4) is 11.8 Å². The number of anilines is 1. The molecule has 0 aliphatic rings. The first-order valence-electron chi connectivity index (χ1n) is 8.90. The standard InChI is InChI=1S/C23H14Br2Cl2N2O2/c24-17-3-7-19(8-4-17)29-23(30)16(12-28)9-15-10-20(25)22(21(27)11-15)31-13-14-1-5-18(26)6-2-14/h1-11H,13H2,(H,29,30)/b16-9-. The van der Waals surface area contributed by atoms with Gasteiger partial charge in [-0.3, -0.25) is 4.79 Å². The van der Waals surface area contributed by atoms with Gasteiger partial charge in [-0.1, -0.05) is 51.3 Å². The zero-order valence-corrected chi connectivity index (χ0v) is 20.5. The number of amides is 1. The summed E-state index contributed by atoms with van der Waals surface area (Å²) in [5.41, 5.74) is 2.05. The molecular weight excluding hydrogens is 567 g/mol. The van der Waals surface area contributed by atoms with E-state index in [9.17, 15) is 10.1 Å². The molecule has 0 aliphatic heterocycles. The number of nitrogens with one attached hydrogen (secondary N) is 1. The van der Waals surface area contributed by atoms with Gasteiger partial charge in [0.1, 0.15) is 18.2 Å². The Morgan fingerprint density at radius 3 is 2.35 bits per heavy atom. The van der Waals surface area contributed by atoms with E-state index in [4.69, 9.17) is 27.9 Å². The Kier molecular flexibility index (Phi) is 8.16. The number of nitrogens with zero attached hydrogens (tertiary/aromatic N) is 1. The predicted octanol–water partition coefficient (Wildman–Crippen LogP) is 7.64. The summed E-state index contributed by atoms with van der Waals surface area (Å²) in [7, 11) is 0. The van der Waals surface area contributed by atoms with Gasteiger partial charge in [0.15, 0.2) is 5.75 Å². The Hall–Kier alpha value is -2.30. The fraction of sp³-hybridized carbons (Fsp3) is 0.0435. The summed E-state index contributed by atoms with van der Waals surface area (Å²) in [6, 6.07) is 19.6. The Labute approximate surface area is 206 Å². The highest BCUT2D eigenvalue weighted by Gasteiger charge is 2.13. The molecule has 156 valence electrons. The van der Waals surface area contributed by atoms with Crippen LogP contribution in [0.4, 0.5) is 5.69 Å². The van der Waals surface area contributed by atoms with Crippen molar-refractivity contribution < 1.29 is 9.53 Å². The highest BCUT2D eigenvalue weighted by atomic mass is 79.9. The minimum Gasteiger partial charge on any atom is -0.486 e. The van der Waals surface area contributed by atoms with Gasteiger partial charge >= 0.3 is 0 Å². The van der Waals surface area contributed by atoms with E-state index < -0.39 is 5.91 Å². The van der Waals surface area contributed by atoms with E-state index in [2.05, 4.69) is 37.2 Å². The molecule has 0 atom stereocenters. The van der Waals surface area contributed by atoms with Crippen molar-refractivity contribution in [1.82, 2.24) is 0 Å². The van der Waals surface area contributed by atoms with Crippen molar-refractivity contribution in [2.24, 2.45) is 0 Å². The third kappa shape index (κ3) is 6.59. The second-order valence-corrected chi connectivity index (χ2v) is 8.97. The van der Waals surface area contributed by atoms with E-state index in [1.807, 2.05) is 18.2 Å². The predicted molar refractivity (Wildman–Crippen MR) is 131 cm³/mol. The highest BCUT2D eigenvalue weighted by Crippen LogP contribution is 2.35. The van der Waals surface area contributed by atoms with Gasteiger partial charge in [-0.05, 0) is 81.7 Å². The van der Waals surface area contributed by atoms with Gasteiger partial charge in [-0.15, -0.1) is 0 Å². The van der Waals surface area contributed by atoms with E-state index >= 15 is 0 Å². The van der Waals surface area contributed by atoms with Crippen LogP contribution in [0.5, 0.6) is 5.75 Å². The Bertz CT molecular complexity index is 1150. The van der Waals surface area contributed by atoms with Crippen molar-refractivity contribution in [2.45, 2.75) is 6.61 Å². The normalized spacial score (nSPS) is 11.0. The molecule has 0 aromatic heterocycles. The van der Waals surface area contributed by atoms with Crippen LogP contribution in [-0.2, 0) is 11.4 Å². The number of rotatable bonds is 6. The van der Waals surface area contributed by atoms with Crippen LogP contribution in [-0.4, -0.2) is 5.91 Å². The number of hydrogen-bond acceptors (Lipinski definition) is 3. The van der Waals surface area contributed by atoms with Crippen molar-refractivity contribution >= 4 is 72.7 Å². The largest absolute Gasteiger partial charge is 0.486 e. The van der Waals surface area contributed by atoms with Gasteiger partial charge in [0, 0.05) is 15.2 Å². The number of nitriles is 1. The van der Waals surface area contributed by atoms with Crippen molar-refractivity contribution in [3.05, 3.63) is 96.4 Å². The maximum Gasteiger partial charge on any atom is 0.266 e. The lowest BCUT2D eigenvalue weighted by Gasteiger charge is -2.11. The Morgan fingerprint density at radius 2 is 1.74 bits per heavy atom. The van der Waals surface area contributed by atoms with E-state index in [-0.39, 0.29) is 5.57 Å². The lowest BCUT2D eigenvalue weighted by atomic mass is 10.1. The molecule has 3 rings (SSSR count). The number of carbonyl (C=O) groups is 1. The molecule has 0 saturated carbocycles. The summed E-state index contributed by atoms with van der Waals surface area (Å²) in [6.07, 6.45) is 1.47. The minimum atomic E-state index is -0.514. The van der Waals surface area contributed by atoms with E-state index in [1.54, 1.807) is 48.5 Å². The van der Waals surface area contributed by atoms with Crippen LogP contribution in [0.1, 0.15) is 11.1 Å². The number of hydrogen-bond donors (Lipinski definition) is 1. The van der Waals surface area contributed by atoms with Gasteiger partial charge in [-0.2, -0.15) is 5.26 Å². The molecule has 3 aromatic rings. The topological polar surface area (TPSA) is 62.1 Å². The van der Waals surface area contributed by atoms with Crippen LogP contribution in [0.15, 0.2) is 75.2 Å². The summed E-state index contributed by atoms with van der Waals surface area (Å²) < 4.78 is 7.32. The lowest BCUT2D eigenvalue weighted by molar-refractivity contribution is -0.112. The molecule has 1 N–H and O–H groups in total. The zero-order valence-electron chi connectivity index (χ0n) is 15.8. The first kappa shape index (κ1) is 23.4. The average Bonchev–Trinajstić information content (AvgIpc) is 2.74. The quantitative estimate of drug-likeness (QED) is 0.241. The molecule has 0 spiro atoms. The van der Waals surface area contributed by atoms with Crippen molar-refractivity contribution in [1.29, 1.82) is 5.26 Å². The Morgan fingerprint density at radius 1 is 1.06 bits per heavy atom. The van der Waals surface area contributed by atoms with Crippen molar-refractivity contribution in [2.75, 3.05) is 5.32 Å². The van der Waals surface area contributed by atoms with Crippen LogP contribution >= 0.6 is 55.1 Å². The molecule has 1 amide bonds. The van der Waals surface area contributed by atoms with Gasteiger partial charge in [0.25, 0.3) is 5.91 Å². The molecule has 3 aromatic carbocycles. The van der Waals surface area contributed by atoms with E-state index in [0.717, 1.165) is 10.0 Å². The first-order valence-corrected chi connectivity index (χ1v) is 11.2. The van der Waals surface area contributed by atoms with E-state index in [1.165, 1.54) is 6.08 Å². The summed E-state index contributed by atoms with van der Waals surface area (Å²) >= 11 is 19.1. The number of benzene rings is 3. The number of carbonyl (C=O) groups excluding carboxylic acids is 1. The monoisotopic (exact) mass is 578 g/mol. The molecular formula is C23H14Br2Cl2N2O2. The molecule has 0 saturated heterocycles. The maximum absolute atomic E-state index is 12.5. The molecule has 0 aliphatic carbocycles.